The predicted octanol–water partition coefficient (Wildman–Crippen LogP) is 5.46. The molecule has 3 rings (SSSR count). The minimum atomic E-state index is -0.581. The van der Waals surface area contributed by atoms with Crippen molar-refractivity contribution >= 4 is 28.9 Å². The van der Waals surface area contributed by atoms with E-state index in [1.165, 1.54) is 11.3 Å². The molecule has 1 aliphatic heterocycles. The van der Waals surface area contributed by atoms with Gasteiger partial charge in [0.05, 0.1) is 10.6 Å². The van der Waals surface area contributed by atoms with Gasteiger partial charge in [0.1, 0.15) is 4.88 Å². The summed E-state index contributed by atoms with van der Waals surface area (Å²) < 4.78 is 5.51. The van der Waals surface area contributed by atoms with Crippen LogP contribution in [0.2, 0.25) is 0 Å². The molecule has 4 nitrogen and oxygen atoms in total. The Hall–Kier alpha value is -1.80. The molecule has 0 aromatic carbocycles. The van der Waals surface area contributed by atoms with Crippen molar-refractivity contribution in [3.05, 3.63) is 15.8 Å². The van der Waals surface area contributed by atoms with Gasteiger partial charge in [-0.15, -0.1) is 11.3 Å². The average Bonchev–Trinajstić information content (AvgIpc) is 3.03. The summed E-state index contributed by atoms with van der Waals surface area (Å²) in [4.78, 5) is 29.0. The number of carbonyl (C=O) groups is 2. The molecule has 1 amide bonds. The van der Waals surface area contributed by atoms with Gasteiger partial charge in [-0.2, -0.15) is 0 Å². The Morgan fingerprint density at radius 2 is 2.04 bits per heavy atom. The van der Waals surface area contributed by atoms with Gasteiger partial charge < -0.3 is 4.74 Å². The molecule has 1 aromatic heterocycles. The van der Waals surface area contributed by atoms with Gasteiger partial charge >= 0.3 is 5.97 Å². The fourth-order valence-corrected chi connectivity index (χ4v) is 5.11. The Bertz CT molecular complexity index is 823. The predicted molar refractivity (Wildman–Crippen MR) is 113 cm³/mol. The normalized spacial score (nSPS) is 27.5. The minimum absolute atomic E-state index is 0.00249. The Labute approximate surface area is 172 Å². The number of amides is 1. The summed E-state index contributed by atoms with van der Waals surface area (Å²) in [5, 5.41) is 0. The van der Waals surface area contributed by atoms with E-state index in [0.717, 1.165) is 30.6 Å². The highest BCUT2D eigenvalue weighted by atomic mass is 32.1. The number of nitrogens with zero attached hydrogens (tertiary/aromatic N) is 1. The lowest BCUT2D eigenvalue weighted by atomic mass is 9.73. The quantitative estimate of drug-likeness (QED) is 0.488. The molecule has 1 aromatic rings. The van der Waals surface area contributed by atoms with E-state index < -0.39 is 6.23 Å². The molecule has 0 bridgehead atoms. The molecular weight excluding hydrogens is 370 g/mol. The lowest BCUT2D eigenvalue weighted by Crippen LogP contribution is -2.49. The van der Waals surface area contributed by atoms with Crippen molar-refractivity contribution < 1.29 is 14.3 Å². The number of fused-ring (bicyclic) bond motifs is 1. The molecule has 28 heavy (non-hydrogen) atoms. The maximum Gasteiger partial charge on any atom is 0.352 e. The number of carbonyl (C=O) groups excluding carboxylic acids is 2. The van der Waals surface area contributed by atoms with Crippen LogP contribution in [0, 0.1) is 35.0 Å². The van der Waals surface area contributed by atoms with Crippen LogP contribution in [0.3, 0.4) is 0 Å². The van der Waals surface area contributed by atoms with Gasteiger partial charge in [-0.25, -0.2) is 4.79 Å². The summed E-state index contributed by atoms with van der Waals surface area (Å²) >= 11 is 1.32. The standard InChI is InChI=1S/C23H31NO3S/c1-7-16-12-14(2)8-9-18(16)21(25)24-15(3)27-22(26)20-19(24)13-17(28-20)10-11-23(4,5)6/h13-16,18H,7-9,12H2,1-6H3/t14-,15?,16-,18-/m1/s1. The first-order valence-corrected chi connectivity index (χ1v) is 11.1. The first kappa shape index (κ1) is 20.9. The number of hydrogen-bond acceptors (Lipinski definition) is 4. The molecule has 5 heteroatoms. The van der Waals surface area contributed by atoms with Crippen molar-refractivity contribution in [2.24, 2.45) is 23.2 Å². The molecule has 1 aliphatic carbocycles. The van der Waals surface area contributed by atoms with Gasteiger partial charge in [0.25, 0.3) is 0 Å². The maximum atomic E-state index is 13.5. The van der Waals surface area contributed by atoms with E-state index in [4.69, 9.17) is 4.74 Å². The zero-order valence-electron chi connectivity index (χ0n) is 17.8. The molecule has 0 N–H and O–H groups in total. The second kappa shape index (κ2) is 7.91. The summed E-state index contributed by atoms with van der Waals surface area (Å²) in [6.45, 7) is 12.4. The lowest BCUT2D eigenvalue weighted by molar-refractivity contribution is -0.127. The summed E-state index contributed by atoms with van der Waals surface area (Å²) in [6.07, 6.45) is 3.50. The fraction of sp³-hybridized carbons (Fsp3) is 0.652. The molecule has 1 saturated carbocycles. The highest BCUT2D eigenvalue weighted by Gasteiger charge is 2.42. The highest BCUT2D eigenvalue weighted by molar-refractivity contribution is 7.15. The van der Waals surface area contributed by atoms with Crippen LogP contribution in [0.5, 0.6) is 0 Å². The summed E-state index contributed by atoms with van der Waals surface area (Å²) in [6, 6.07) is 1.89. The monoisotopic (exact) mass is 401 g/mol. The number of thiophene rings is 1. The molecule has 2 aliphatic rings. The first-order chi connectivity index (χ1) is 13.1. The molecule has 0 spiro atoms. The third kappa shape index (κ3) is 4.27. The number of anilines is 1. The zero-order valence-corrected chi connectivity index (χ0v) is 18.6. The fourth-order valence-electron chi connectivity index (χ4n) is 4.23. The van der Waals surface area contributed by atoms with Crippen molar-refractivity contribution in [3.63, 3.8) is 0 Å². The van der Waals surface area contributed by atoms with Crippen molar-refractivity contribution in [2.75, 3.05) is 4.90 Å². The van der Waals surface area contributed by atoms with Gasteiger partial charge in [-0.1, -0.05) is 32.1 Å². The Balaban J connectivity index is 1.95. The second-order valence-corrected chi connectivity index (χ2v) is 10.3. The summed E-state index contributed by atoms with van der Waals surface area (Å²) in [7, 11) is 0. The zero-order chi connectivity index (χ0) is 20.6. The SMILES string of the molecule is CC[C@@H]1C[C@H](C)CC[C@H]1C(=O)N1c2cc(C#CC(C)(C)C)sc2C(=O)OC1C. The molecule has 1 fully saturated rings. The second-order valence-electron chi connectivity index (χ2n) is 9.23. The van der Waals surface area contributed by atoms with Crippen LogP contribution in [0.25, 0.3) is 0 Å². The molecule has 0 saturated heterocycles. The van der Waals surface area contributed by atoms with Crippen molar-refractivity contribution in [1.29, 1.82) is 0 Å². The number of ether oxygens (including phenoxy) is 1. The van der Waals surface area contributed by atoms with Crippen LogP contribution < -0.4 is 4.90 Å². The topological polar surface area (TPSA) is 46.6 Å². The van der Waals surface area contributed by atoms with E-state index in [9.17, 15) is 9.59 Å². The maximum absolute atomic E-state index is 13.5. The smallest absolute Gasteiger partial charge is 0.352 e. The summed E-state index contributed by atoms with van der Waals surface area (Å²) in [5.74, 6) is 7.16. The molecule has 152 valence electrons. The molecule has 0 radical (unpaired) electrons. The van der Waals surface area contributed by atoms with Crippen molar-refractivity contribution in [3.8, 4) is 11.8 Å². The van der Waals surface area contributed by atoms with Gasteiger partial charge in [-0.05, 0) is 64.9 Å². The minimum Gasteiger partial charge on any atom is -0.437 e. The largest absolute Gasteiger partial charge is 0.437 e. The molecular formula is C23H31NO3S. The number of cyclic esters (lactones) is 1. The van der Waals surface area contributed by atoms with Crippen LogP contribution in [0.4, 0.5) is 5.69 Å². The number of rotatable bonds is 2. The molecule has 2 heterocycles. The highest BCUT2D eigenvalue weighted by Crippen LogP contribution is 2.41. The van der Waals surface area contributed by atoms with Crippen molar-refractivity contribution in [1.82, 2.24) is 0 Å². The molecule has 4 atom stereocenters. The third-order valence-corrected chi connectivity index (χ3v) is 6.70. The van der Waals surface area contributed by atoms with Crippen LogP contribution in [-0.4, -0.2) is 18.1 Å². The van der Waals surface area contributed by atoms with Gasteiger partial charge in [0.15, 0.2) is 6.23 Å². The Kier molecular flexibility index (Phi) is 5.91. The number of esters is 1. The van der Waals surface area contributed by atoms with E-state index >= 15 is 0 Å². The first-order valence-electron chi connectivity index (χ1n) is 10.3. The Morgan fingerprint density at radius 3 is 2.68 bits per heavy atom. The van der Waals surface area contributed by atoms with Crippen LogP contribution >= 0.6 is 11.3 Å². The molecule has 1 unspecified atom stereocenters. The van der Waals surface area contributed by atoms with Crippen LogP contribution in [0.15, 0.2) is 6.07 Å². The lowest BCUT2D eigenvalue weighted by Gasteiger charge is -2.39. The van der Waals surface area contributed by atoms with E-state index in [2.05, 4.69) is 46.5 Å². The van der Waals surface area contributed by atoms with Crippen LogP contribution in [-0.2, 0) is 9.53 Å². The third-order valence-electron chi connectivity index (χ3n) is 5.68. The van der Waals surface area contributed by atoms with E-state index in [0.29, 0.717) is 22.4 Å². The number of hydrogen-bond donors (Lipinski definition) is 0. The van der Waals surface area contributed by atoms with Crippen LogP contribution in [0.1, 0.15) is 81.8 Å². The van der Waals surface area contributed by atoms with E-state index in [1.54, 1.807) is 11.8 Å². The van der Waals surface area contributed by atoms with Gasteiger partial charge in [0, 0.05) is 11.3 Å². The van der Waals surface area contributed by atoms with E-state index in [-0.39, 0.29) is 23.2 Å². The van der Waals surface area contributed by atoms with E-state index in [1.807, 2.05) is 6.07 Å². The van der Waals surface area contributed by atoms with Gasteiger partial charge in [-0.3, -0.25) is 9.69 Å². The average molecular weight is 402 g/mol. The Morgan fingerprint density at radius 1 is 1.32 bits per heavy atom. The van der Waals surface area contributed by atoms with Gasteiger partial charge in [0.2, 0.25) is 5.91 Å². The summed E-state index contributed by atoms with van der Waals surface area (Å²) in [5.41, 5.74) is 0.548. The van der Waals surface area contributed by atoms with Crippen molar-refractivity contribution in [2.45, 2.75) is 73.5 Å².